The smallest absolute Gasteiger partial charge is 0.358 e. The highest BCUT2D eigenvalue weighted by atomic mass is 16.5. The highest BCUT2D eigenvalue weighted by Gasteiger charge is 2.13. The van der Waals surface area contributed by atoms with Gasteiger partial charge in [0.2, 0.25) is 0 Å². The van der Waals surface area contributed by atoms with Crippen molar-refractivity contribution in [2.75, 3.05) is 6.61 Å². The molecule has 0 amide bonds. The van der Waals surface area contributed by atoms with Crippen molar-refractivity contribution in [1.82, 2.24) is 19.6 Å². The van der Waals surface area contributed by atoms with Crippen molar-refractivity contribution in [2.24, 2.45) is 0 Å². The molecule has 0 spiro atoms. The maximum atomic E-state index is 11.6. The Balaban J connectivity index is 0.000000202. The third-order valence-corrected chi connectivity index (χ3v) is 5.58. The molecular weight excluding hydrogens is 456 g/mol. The number of hydrogen-bond acceptors (Lipinski definition) is 5. The van der Waals surface area contributed by atoms with E-state index in [0.717, 1.165) is 30.8 Å². The lowest BCUT2D eigenvalue weighted by atomic mass is 10.1. The summed E-state index contributed by atoms with van der Waals surface area (Å²) in [6.07, 6.45) is 1.74. The van der Waals surface area contributed by atoms with Crippen LogP contribution in [0.4, 0.5) is 0 Å². The van der Waals surface area contributed by atoms with E-state index in [4.69, 9.17) is 9.84 Å². The van der Waals surface area contributed by atoms with Crippen LogP contribution < -0.4 is 0 Å². The first-order chi connectivity index (χ1) is 17.4. The van der Waals surface area contributed by atoms with Gasteiger partial charge in [0.1, 0.15) is 0 Å². The van der Waals surface area contributed by atoms with Crippen LogP contribution in [0.2, 0.25) is 0 Å². The van der Waals surface area contributed by atoms with Crippen LogP contribution in [0.3, 0.4) is 0 Å². The Labute approximate surface area is 211 Å². The lowest BCUT2D eigenvalue weighted by Crippen LogP contribution is -2.09. The molecule has 8 nitrogen and oxygen atoms in total. The number of carboxylic acids is 1. The third kappa shape index (κ3) is 7.66. The molecule has 0 saturated carbocycles. The maximum Gasteiger partial charge on any atom is 0.358 e. The fraction of sp³-hybridized carbons (Fsp3) is 0.286. The molecule has 0 fully saturated rings. The molecule has 0 atom stereocenters. The van der Waals surface area contributed by atoms with E-state index in [-0.39, 0.29) is 11.7 Å². The highest BCUT2D eigenvalue weighted by molar-refractivity contribution is 5.87. The number of aromatic nitrogens is 4. The summed E-state index contributed by atoms with van der Waals surface area (Å²) in [4.78, 5) is 22.4. The molecule has 2 aromatic carbocycles. The Hall–Kier alpha value is -4.20. The second-order valence-electron chi connectivity index (χ2n) is 8.29. The molecule has 0 aliphatic carbocycles. The summed E-state index contributed by atoms with van der Waals surface area (Å²) < 4.78 is 8.52. The first kappa shape index (κ1) is 26.4. The van der Waals surface area contributed by atoms with Crippen LogP contribution in [0.15, 0.2) is 72.8 Å². The molecule has 2 aromatic heterocycles. The van der Waals surface area contributed by atoms with Crippen molar-refractivity contribution in [3.8, 4) is 0 Å². The lowest BCUT2D eigenvalue weighted by Gasteiger charge is -2.04. The average molecular weight is 489 g/mol. The van der Waals surface area contributed by atoms with Crippen molar-refractivity contribution in [2.45, 2.75) is 46.7 Å². The van der Waals surface area contributed by atoms with Gasteiger partial charge in [-0.25, -0.2) is 9.59 Å². The molecule has 8 heteroatoms. The Morgan fingerprint density at radius 3 is 1.64 bits per heavy atom. The van der Waals surface area contributed by atoms with Crippen molar-refractivity contribution in [3.63, 3.8) is 0 Å². The number of hydrogen-bond donors (Lipinski definition) is 1. The van der Waals surface area contributed by atoms with Gasteiger partial charge < -0.3 is 9.84 Å². The molecule has 4 aromatic rings. The molecule has 4 rings (SSSR count). The molecule has 2 heterocycles. The number of aromatic carboxylic acids is 1. The fourth-order valence-corrected chi connectivity index (χ4v) is 3.64. The van der Waals surface area contributed by atoms with Crippen LogP contribution in [0.5, 0.6) is 0 Å². The zero-order chi connectivity index (χ0) is 25.9. The zero-order valence-electron chi connectivity index (χ0n) is 20.9. The lowest BCUT2D eigenvalue weighted by molar-refractivity contribution is 0.0518. The van der Waals surface area contributed by atoms with Crippen LogP contribution >= 0.6 is 0 Å². The molecule has 0 unspecified atom stereocenters. The molecule has 36 heavy (non-hydrogen) atoms. The number of esters is 1. The van der Waals surface area contributed by atoms with Crippen LogP contribution in [-0.2, 0) is 30.7 Å². The van der Waals surface area contributed by atoms with Crippen molar-refractivity contribution < 1.29 is 19.4 Å². The number of nitrogens with zero attached hydrogens (tertiary/aromatic N) is 4. The van der Waals surface area contributed by atoms with Gasteiger partial charge in [-0.15, -0.1) is 0 Å². The van der Waals surface area contributed by atoms with Crippen LogP contribution in [-0.4, -0.2) is 43.2 Å². The largest absolute Gasteiger partial charge is 0.476 e. The molecule has 0 bridgehead atoms. The number of aryl methyl sites for hydroxylation is 6. The summed E-state index contributed by atoms with van der Waals surface area (Å²) in [7, 11) is 0. The van der Waals surface area contributed by atoms with E-state index in [9.17, 15) is 9.59 Å². The van der Waals surface area contributed by atoms with Gasteiger partial charge in [-0.2, -0.15) is 10.2 Å². The number of ether oxygens (including phenoxy) is 1. The van der Waals surface area contributed by atoms with Crippen LogP contribution in [0.25, 0.3) is 0 Å². The molecule has 0 aliphatic heterocycles. The van der Waals surface area contributed by atoms with Gasteiger partial charge in [-0.05, 0) is 56.9 Å². The van der Waals surface area contributed by atoms with Crippen molar-refractivity contribution >= 4 is 11.9 Å². The average Bonchev–Trinajstić information content (AvgIpc) is 3.45. The summed E-state index contributed by atoms with van der Waals surface area (Å²) >= 11 is 0. The molecule has 188 valence electrons. The quantitative estimate of drug-likeness (QED) is 0.342. The Morgan fingerprint density at radius 1 is 0.778 bits per heavy atom. The van der Waals surface area contributed by atoms with Gasteiger partial charge in [0.05, 0.1) is 6.61 Å². The summed E-state index contributed by atoms with van der Waals surface area (Å²) in [5.41, 5.74) is 4.81. The second-order valence-corrected chi connectivity index (χ2v) is 8.29. The Kier molecular flexibility index (Phi) is 9.56. The van der Waals surface area contributed by atoms with Crippen molar-refractivity contribution in [1.29, 1.82) is 0 Å². The second kappa shape index (κ2) is 13.0. The van der Waals surface area contributed by atoms with Gasteiger partial charge in [-0.1, -0.05) is 60.7 Å². The first-order valence-corrected chi connectivity index (χ1v) is 11.9. The number of rotatable bonds is 9. The first-order valence-electron chi connectivity index (χ1n) is 11.9. The maximum absolute atomic E-state index is 11.6. The van der Waals surface area contributed by atoms with E-state index in [1.807, 2.05) is 54.9 Å². The number of carbonyl (C=O) groups is 2. The molecule has 0 saturated heterocycles. The summed E-state index contributed by atoms with van der Waals surface area (Å²) in [6.45, 7) is 7.43. The zero-order valence-corrected chi connectivity index (χ0v) is 20.9. The number of carboxylic acid groups (broad SMARTS) is 1. The molecule has 0 aliphatic rings. The topological polar surface area (TPSA) is 99.2 Å². The monoisotopic (exact) mass is 488 g/mol. The van der Waals surface area contributed by atoms with E-state index in [2.05, 4.69) is 34.5 Å². The predicted octanol–water partition coefficient (Wildman–Crippen LogP) is 4.74. The fourth-order valence-electron chi connectivity index (χ4n) is 3.64. The standard InChI is InChI=1S/C15H18N2O2.C13H14N2O2/c1-3-19-15(18)14-11-12(2)17(16-14)10-9-13-7-5-4-6-8-13;1-10-9-12(13(16)17)14-15(10)8-7-11-5-3-2-4-6-11/h4-8,11H,3,9-10H2,1-2H3;2-6,9H,7-8H2,1H3,(H,16,17). The van der Waals surface area contributed by atoms with E-state index in [0.29, 0.717) is 18.8 Å². The van der Waals surface area contributed by atoms with Gasteiger partial charge in [-0.3, -0.25) is 9.36 Å². The minimum atomic E-state index is -0.980. The SMILES string of the molecule is CCOC(=O)c1cc(C)n(CCc2ccccc2)n1.Cc1cc(C(=O)O)nn1CCc1ccccc1. The van der Waals surface area contributed by atoms with E-state index >= 15 is 0 Å². The van der Waals surface area contributed by atoms with Gasteiger partial charge in [0, 0.05) is 24.5 Å². The number of benzene rings is 2. The minimum absolute atomic E-state index is 0.107. The summed E-state index contributed by atoms with van der Waals surface area (Å²) in [5.74, 6) is -1.34. The molecule has 1 N–H and O–H groups in total. The predicted molar refractivity (Wildman–Crippen MR) is 137 cm³/mol. The summed E-state index contributed by atoms with van der Waals surface area (Å²) in [5, 5.41) is 17.2. The number of carbonyl (C=O) groups excluding carboxylic acids is 1. The molecule has 0 radical (unpaired) electrons. The third-order valence-electron chi connectivity index (χ3n) is 5.58. The van der Waals surface area contributed by atoms with Gasteiger partial charge in [0.15, 0.2) is 11.4 Å². The molecular formula is C28H32N4O4. The van der Waals surface area contributed by atoms with Crippen LogP contribution in [0.1, 0.15) is 50.4 Å². The summed E-state index contributed by atoms with van der Waals surface area (Å²) in [6, 6.07) is 23.7. The Morgan fingerprint density at radius 2 is 1.22 bits per heavy atom. The van der Waals surface area contributed by atoms with Gasteiger partial charge >= 0.3 is 11.9 Å². The van der Waals surface area contributed by atoms with E-state index in [1.54, 1.807) is 23.7 Å². The van der Waals surface area contributed by atoms with Crippen LogP contribution in [0, 0.1) is 13.8 Å². The van der Waals surface area contributed by atoms with E-state index in [1.165, 1.54) is 11.1 Å². The highest BCUT2D eigenvalue weighted by Crippen LogP contribution is 2.08. The normalized spacial score (nSPS) is 10.4. The van der Waals surface area contributed by atoms with E-state index < -0.39 is 5.97 Å². The Bertz CT molecular complexity index is 1260. The van der Waals surface area contributed by atoms with Crippen molar-refractivity contribution in [3.05, 3.63) is 107 Å². The van der Waals surface area contributed by atoms with Gasteiger partial charge in [0.25, 0.3) is 0 Å². The minimum Gasteiger partial charge on any atom is -0.476 e.